The molecule has 3 aromatic carbocycles. The summed E-state index contributed by atoms with van der Waals surface area (Å²) in [5.41, 5.74) is 1.01. The minimum absolute atomic E-state index is 0.0347. The predicted molar refractivity (Wildman–Crippen MR) is 115 cm³/mol. The third-order valence-corrected chi connectivity index (χ3v) is 6.86. The molecule has 0 radical (unpaired) electrons. The lowest BCUT2D eigenvalue weighted by Crippen LogP contribution is -2.34. The van der Waals surface area contributed by atoms with Crippen LogP contribution in [0.5, 0.6) is 11.5 Å². The highest BCUT2D eigenvalue weighted by Gasteiger charge is 2.32. The molecule has 1 atom stereocenters. The van der Waals surface area contributed by atoms with Gasteiger partial charge >= 0.3 is 0 Å². The largest absolute Gasteiger partial charge is 0.497 e. The molecule has 0 aliphatic heterocycles. The second kappa shape index (κ2) is 8.93. The van der Waals surface area contributed by atoms with Crippen molar-refractivity contribution in [3.05, 3.63) is 83.1 Å². The van der Waals surface area contributed by atoms with Crippen molar-refractivity contribution in [3.63, 3.8) is 0 Å². The molecule has 1 unspecified atom stereocenters. The van der Waals surface area contributed by atoms with E-state index < -0.39 is 21.9 Å². The Labute approximate surface area is 180 Å². The molecule has 0 saturated carbocycles. The van der Waals surface area contributed by atoms with Crippen LogP contribution in [0.1, 0.15) is 18.5 Å². The molecule has 3 rings (SSSR count). The van der Waals surface area contributed by atoms with Gasteiger partial charge in [-0.05, 0) is 73.7 Å². The predicted octanol–water partition coefficient (Wildman–Crippen LogP) is 5.45. The van der Waals surface area contributed by atoms with E-state index >= 15 is 0 Å². The summed E-state index contributed by atoms with van der Waals surface area (Å²) in [4.78, 5) is -0.0347. The van der Waals surface area contributed by atoms with Crippen molar-refractivity contribution in [3.8, 4) is 11.5 Å². The summed E-state index contributed by atoms with van der Waals surface area (Å²) in [6.07, 6.45) is 0. The molecule has 0 amide bonds. The van der Waals surface area contributed by atoms with E-state index in [9.17, 15) is 12.8 Å². The molecular weight excluding hydrogens is 429 g/mol. The standard InChI is InChI=1S/C22H21ClFNO4S/c1-15(21-14-19(28-2)10-13-22(21)29-3)25(18-8-4-16(23)5-9-18)30(26,27)20-11-6-17(24)7-12-20/h4-15H,1-3H3. The normalized spacial score (nSPS) is 12.3. The lowest BCUT2D eigenvalue weighted by atomic mass is 10.1. The number of benzene rings is 3. The molecular formula is C22H21ClFNO4S. The second-order valence-electron chi connectivity index (χ2n) is 6.52. The van der Waals surface area contributed by atoms with Crippen molar-refractivity contribution < 1.29 is 22.3 Å². The van der Waals surface area contributed by atoms with Crippen LogP contribution in [-0.2, 0) is 10.0 Å². The summed E-state index contributed by atoms with van der Waals surface area (Å²) in [6.45, 7) is 1.74. The van der Waals surface area contributed by atoms with E-state index in [2.05, 4.69) is 0 Å². The minimum atomic E-state index is -4.05. The SMILES string of the molecule is COc1ccc(OC)c(C(C)N(c2ccc(Cl)cc2)S(=O)(=O)c2ccc(F)cc2)c1. The average molecular weight is 450 g/mol. The molecule has 0 saturated heterocycles. The van der Waals surface area contributed by atoms with Crippen LogP contribution < -0.4 is 13.8 Å². The van der Waals surface area contributed by atoms with Gasteiger partial charge < -0.3 is 9.47 Å². The Morgan fingerprint density at radius 1 is 0.933 bits per heavy atom. The Hall–Kier alpha value is -2.77. The van der Waals surface area contributed by atoms with E-state index in [1.807, 2.05) is 0 Å². The van der Waals surface area contributed by atoms with Gasteiger partial charge in [0.05, 0.1) is 30.8 Å². The van der Waals surface area contributed by atoms with Gasteiger partial charge in [-0.1, -0.05) is 11.6 Å². The van der Waals surface area contributed by atoms with Gasteiger partial charge in [0.2, 0.25) is 0 Å². The van der Waals surface area contributed by atoms with Crippen LogP contribution in [0.15, 0.2) is 71.6 Å². The van der Waals surface area contributed by atoms with Crippen molar-refractivity contribution in [2.75, 3.05) is 18.5 Å². The van der Waals surface area contributed by atoms with Gasteiger partial charge in [-0.2, -0.15) is 0 Å². The number of hydrogen-bond acceptors (Lipinski definition) is 4. The highest BCUT2D eigenvalue weighted by atomic mass is 35.5. The number of hydrogen-bond donors (Lipinski definition) is 0. The summed E-state index contributed by atoms with van der Waals surface area (Å²) in [7, 11) is -1.01. The maximum atomic E-state index is 13.6. The maximum absolute atomic E-state index is 13.6. The lowest BCUT2D eigenvalue weighted by Gasteiger charge is -2.32. The number of rotatable bonds is 7. The van der Waals surface area contributed by atoms with Crippen LogP contribution in [-0.4, -0.2) is 22.6 Å². The molecule has 30 heavy (non-hydrogen) atoms. The fraction of sp³-hybridized carbons (Fsp3) is 0.182. The minimum Gasteiger partial charge on any atom is -0.497 e. The zero-order valence-electron chi connectivity index (χ0n) is 16.7. The van der Waals surface area contributed by atoms with Crippen molar-refractivity contribution in [2.45, 2.75) is 17.9 Å². The smallest absolute Gasteiger partial charge is 0.264 e. The Morgan fingerprint density at radius 2 is 1.57 bits per heavy atom. The van der Waals surface area contributed by atoms with Gasteiger partial charge in [-0.25, -0.2) is 12.8 Å². The van der Waals surface area contributed by atoms with Crippen LogP contribution in [0, 0.1) is 5.82 Å². The highest BCUT2D eigenvalue weighted by molar-refractivity contribution is 7.92. The fourth-order valence-corrected chi connectivity index (χ4v) is 4.93. The number of nitrogens with zero attached hydrogens (tertiary/aromatic N) is 1. The molecule has 158 valence electrons. The summed E-state index contributed by atoms with van der Waals surface area (Å²) in [6, 6.07) is 15.7. The zero-order chi connectivity index (χ0) is 21.9. The summed E-state index contributed by atoms with van der Waals surface area (Å²) in [5, 5.41) is 0.476. The van der Waals surface area contributed by atoms with Crippen LogP contribution in [0.2, 0.25) is 5.02 Å². The summed E-state index contributed by atoms with van der Waals surface area (Å²) in [5.74, 6) is 0.555. The molecule has 0 N–H and O–H groups in total. The first kappa shape index (κ1) is 21.9. The van der Waals surface area contributed by atoms with Gasteiger partial charge in [0, 0.05) is 10.6 Å². The maximum Gasteiger partial charge on any atom is 0.264 e. The first-order chi connectivity index (χ1) is 14.3. The first-order valence-electron chi connectivity index (χ1n) is 9.05. The molecule has 0 spiro atoms. The Bertz CT molecular complexity index is 1120. The number of halogens is 2. The van der Waals surface area contributed by atoms with Crippen LogP contribution >= 0.6 is 11.6 Å². The van der Waals surface area contributed by atoms with Gasteiger partial charge in [0.1, 0.15) is 17.3 Å². The number of anilines is 1. The summed E-state index contributed by atoms with van der Waals surface area (Å²) >= 11 is 6.00. The van der Waals surface area contributed by atoms with Gasteiger partial charge in [-0.3, -0.25) is 4.31 Å². The second-order valence-corrected chi connectivity index (χ2v) is 8.77. The molecule has 8 heteroatoms. The van der Waals surface area contributed by atoms with Crippen molar-refractivity contribution >= 4 is 27.3 Å². The molecule has 3 aromatic rings. The van der Waals surface area contributed by atoms with Crippen molar-refractivity contribution in [1.82, 2.24) is 0 Å². The van der Waals surface area contributed by atoms with Crippen molar-refractivity contribution in [1.29, 1.82) is 0 Å². The van der Waals surface area contributed by atoms with E-state index in [1.54, 1.807) is 49.4 Å². The van der Waals surface area contributed by atoms with Gasteiger partial charge in [0.25, 0.3) is 10.0 Å². The van der Waals surface area contributed by atoms with Crippen molar-refractivity contribution in [2.24, 2.45) is 0 Å². The molecule has 0 aromatic heterocycles. The zero-order valence-corrected chi connectivity index (χ0v) is 18.2. The van der Waals surface area contributed by atoms with E-state index in [1.165, 1.54) is 30.7 Å². The first-order valence-corrected chi connectivity index (χ1v) is 10.9. The molecule has 0 fully saturated rings. The molecule has 0 bridgehead atoms. The lowest BCUT2D eigenvalue weighted by molar-refractivity contribution is 0.396. The Balaban J connectivity index is 2.20. The number of ether oxygens (including phenoxy) is 2. The van der Waals surface area contributed by atoms with E-state index in [0.29, 0.717) is 27.8 Å². The topological polar surface area (TPSA) is 55.8 Å². The van der Waals surface area contributed by atoms with Gasteiger partial charge in [-0.15, -0.1) is 0 Å². The third kappa shape index (κ3) is 4.37. The number of methoxy groups -OCH3 is 2. The molecule has 0 heterocycles. The number of sulfonamides is 1. The van der Waals surface area contributed by atoms with E-state index in [4.69, 9.17) is 21.1 Å². The third-order valence-electron chi connectivity index (χ3n) is 4.69. The molecule has 0 aliphatic carbocycles. The van der Waals surface area contributed by atoms with Crippen LogP contribution in [0.3, 0.4) is 0 Å². The van der Waals surface area contributed by atoms with Gasteiger partial charge in [0.15, 0.2) is 0 Å². The monoisotopic (exact) mass is 449 g/mol. The molecule has 0 aliphatic rings. The van der Waals surface area contributed by atoms with Crippen LogP contribution in [0.25, 0.3) is 0 Å². The fourth-order valence-electron chi connectivity index (χ4n) is 3.17. The summed E-state index contributed by atoms with van der Waals surface area (Å²) < 4.78 is 52.6. The Morgan fingerprint density at radius 3 is 2.13 bits per heavy atom. The van der Waals surface area contributed by atoms with Crippen LogP contribution in [0.4, 0.5) is 10.1 Å². The quantitative estimate of drug-likeness (QED) is 0.481. The van der Waals surface area contributed by atoms with E-state index in [-0.39, 0.29) is 4.90 Å². The highest BCUT2D eigenvalue weighted by Crippen LogP contribution is 2.38. The Kier molecular flexibility index (Phi) is 6.53. The molecule has 5 nitrogen and oxygen atoms in total. The van der Waals surface area contributed by atoms with E-state index in [0.717, 1.165) is 12.1 Å². The average Bonchev–Trinajstić information content (AvgIpc) is 2.74.